The van der Waals surface area contributed by atoms with E-state index in [9.17, 15) is 0 Å². The van der Waals surface area contributed by atoms with Crippen LogP contribution in [-0.2, 0) is 6.54 Å². The maximum atomic E-state index is 4.65. The minimum Gasteiger partial charge on any atom is -0.368 e. The fraction of sp³-hybridized carbons (Fsp3) is 0.286. The van der Waals surface area contributed by atoms with Crippen molar-refractivity contribution in [2.45, 2.75) is 13.5 Å². The van der Waals surface area contributed by atoms with Crippen molar-refractivity contribution in [2.75, 3.05) is 41.3 Å². The molecule has 2 heterocycles. The van der Waals surface area contributed by atoms with Crippen LogP contribution in [0, 0.1) is 6.92 Å². The molecule has 0 unspecified atom stereocenters. The minimum atomic E-state index is 0.567. The molecule has 1 aromatic heterocycles. The monoisotopic (exact) mass is 360 g/mol. The second-order valence-electron chi connectivity index (χ2n) is 6.79. The number of benzene rings is 2. The molecular weight excluding hydrogens is 336 g/mol. The van der Waals surface area contributed by atoms with Gasteiger partial charge in [0.05, 0.1) is 6.20 Å². The number of aromatic nitrogens is 3. The van der Waals surface area contributed by atoms with Gasteiger partial charge >= 0.3 is 0 Å². The number of hydrogen-bond acceptors (Lipinski definition) is 6. The first-order valence-electron chi connectivity index (χ1n) is 9.32. The molecule has 4 rings (SSSR count). The highest BCUT2D eigenvalue weighted by atomic mass is 15.3. The number of aryl methyl sites for hydroxylation is 1. The molecule has 0 amide bonds. The third-order valence-corrected chi connectivity index (χ3v) is 4.81. The van der Waals surface area contributed by atoms with Crippen LogP contribution < -0.4 is 15.1 Å². The lowest BCUT2D eigenvalue weighted by Crippen LogP contribution is -2.47. The van der Waals surface area contributed by atoms with Gasteiger partial charge in [0.15, 0.2) is 5.82 Å². The molecule has 1 fully saturated rings. The Bertz CT molecular complexity index is 875. The van der Waals surface area contributed by atoms with Gasteiger partial charge in [0, 0.05) is 38.4 Å². The molecule has 1 aliphatic heterocycles. The summed E-state index contributed by atoms with van der Waals surface area (Å²) in [6.07, 6.45) is 1.75. The van der Waals surface area contributed by atoms with Crippen LogP contribution in [0.3, 0.4) is 0 Å². The number of nitrogens with one attached hydrogen (secondary N) is 1. The van der Waals surface area contributed by atoms with Crippen LogP contribution in [0.2, 0.25) is 0 Å². The Morgan fingerprint density at radius 3 is 2.48 bits per heavy atom. The Hall–Kier alpha value is -3.15. The van der Waals surface area contributed by atoms with E-state index in [1.165, 1.54) is 16.8 Å². The smallest absolute Gasteiger partial charge is 0.244 e. The van der Waals surface area contributed by atoms with E-state index in [4.69, 9.17) is 0 Å². The second-order valence-corrected chi connectivity index (χ2v) is 6.79. The Morgan fingerprint density at radius 1 is 0.926 bits per heavy atom. The van der Waals surface area contributed by atoms with Gasteiger partial charge in [0.2, 0.25) is 5.95 Å². The molecule has 0 aliphatic carbocycles. The summed E-state index contributed by atoms with van der Waals surface area (Å²) in [5.74, 6) is 1.45. The first-order valence-corrected chi connectivity index (χ1v) is 9.32. The van der Waals surface area contributed by atoms with Gasteiger partial charge in [0.1, 0.15) is 0 Å². The third kappa shape index (κ3) is 4.34. The largest absolute Gasteiger partial charge is 0.368 e. The second kappa shape index (κ2) is 8.03. The zero-order valence-electron chi connectivity index (χ0n) is 15.5. The van der Waals surface area contributed by atoms with Crippen LogP contribution in [0.15, 0.2) is 60.8 Å². The fourth-order valence-electron chi connectivity index (χ4n) is 3.32. The van der Waals surface area contributed by atoms with Gasteiger partial charge in [-0.2, -0.15) is 10.1 Å². The lowest BCUT2D eigenvalue weighted by atomic mass is 10.2. The quantitative estimate of drug-likeness (QED) is 0.754. The molecule has 1 saturated heterocycles. The number of nitrogens with zero attached hydrogens (tertiary/aromatic N) is 5. The van der Waals surface area contributed by atoms with E-state index >= 15 is 0 Å². The lowest BCUT2D eigenvalue weighted by Gasteiger charge is -2.36. The summed E-state index contributed by atoms with van der Waals surface area (Å²) in [7, 11) is 0. The Kier molecular flexibility index (Phi) is 5.14. The highest BCUT2D eigenvalue weighted by Gasteiger charge is 2.19. The van der Waals surface area contributed by atoms with Gasteiger partial charge in [-0.25, -0.2) is 0 Å². The van der Waals surface area contributed by atoms with Gasteiger partial charge in [-0.05, 0) is 30.2 Å². The van der Waals surface area contributed by atoms with Crippen LogP contribution in [0.4, 0.5) is 17.5 Å². The molecule has 0 bridgehead atoms. The maximum Gasteiger partial charge on any atom is 0.244 e. The van der Waals surface area contributed by atoms with Crippen molar-refractivity contribution in [1.29, 1.82) is 0 Å². The predicted octanol–water partition coefficient (Wildman–Crippen LogP) is 3.12. The van der Waals surface area contributed by atoms with Crippen LogP contribution in [-0.4, -0.2) is 41.4 Å². The van der Waals surface area contributed by atoms with E-state index in [0.29, 0.717) is 12.5 Å². The Balaban J connectivity index is 1.37. The molecular formula is C21H24N6. The molecule has 6 heteroatoms. The van der Waals surface area contributed by atoms with Gasteiger partial charge < -0.3 is 15.1 Å². The number of anilines is 3. The average molecular weight is 360 g/mol. The van der Waals surface area contributed by atoms with Crippen molar-refractivity contribution in [3.8, 4) is 0 Å². The summed E-state index contributed by atoms with van der Waals surface area (Å²) >= 11 is 0. The first-order chi connectivity index (χ1) is 13.3. The number of rotatable bonds is 5. The van der Waals surface area contributed by atoms with Crippen molar-refractivity contribution >= 4 is 17.5 Å². The van der Waals surface area contributed by atoms with Crippen LogP contribution >= 0.6 is 0 Å². The molecule has 6 nitrogen and oxygen atoms in total. The first kappa shape index (κ1) is 17.3. The summed E-state index contributed by atoms with van der Waals surface area (Å²) < 4.78 is 0. The fourth-order valence-corrected chi connectivity index (χ4v) is 3.32. The highest BCUT2D eigenvalue weighted by Crippen LogP contribution is 2.20. The molecule has 0 spiro atoms. The van der Waals surface area contributed by atoms with Gasteiger partial charge in [-0.1, -0.05) is 42.5 Å². The molecule has 3 aromatic rings. The predicted molar refractivity (Wildman–Crippen MR) is 109 cm³/mol. The summed E-state index contributed by atoms with van der Waals surface area (Å²) in [6.45, 7) is 6.61. The van der Waals surface area contributed by atoms with Crippen LogP contribution in [0.25, 0.3) is 0 Å². The SMILES string of the molecule is Cc1cccc(N2CCN(c3cnnc(NCc4ccccc4)n3)CC2)c1. The van der Waals surface area contributed by atoms with Crippen LogP contribution in [0.1, 0.15) is 11.1 Å². The van der Waals surface area contributed by atoms with Crippen molar-refractivity contribution in [3.63, 3.8) is 0 Å². The molecule has 138 valence electrons. The molecule has 1 aliphatic rings. The third-order valence-electron chi connectivity index (χ3n) is 4.81. The van der Waals surface area contributed by atoms with Gasteiger partial charge in [0.25, 0.3) is 0 Å². The Labute approximate surface area is 159 Å². The van der Waals surface area contributed by atoms with Crippen LogP contribution in [0.5, 0.6) is 0 Å². The Morgan fingerprint density at radius 2 is 1.70 bits per heavy atom. The highest BCUT2D eigenvalue weighted by molar-refractivity contribution is 5.51. The molecule has 2 aromatic carbocycles. The summed E-state index contributed by atoms with van der Waals surface area (Å²) in [5.41, 5.74) is 3.78. The van der Waals surface area contributed by atoms with E-state index in [-0.39, 0.29) is 0 Å². The van der Waals surface area contributed by atoms with E-state index in [1.54, 1.807) is 6.20 Å². The standard InChI is InChI=1S/C21H24N6/c1-17-6-5-9-19(14-17)26-10-12-27(13-11-26)20-16-23-25-21(24-20)22-15-18-7-3-2-4-8-18/h2-9,14,16H,10-13,15H2,1H3,(H,22,24,25). The molecule has 0 atom stereocenters. The van der Waals surface area contributed by atoms with Gasteiger partial charge in [-0.3, -0.25) is 0 Å². The average Bonchev–Trinajstić information content (AvgIpc) is 2.73. The molecule has 1 N–H and O–H groups in total. The van der Waals surface area contributed by atoms with E-state index in [0.717, 1.165) is 32.0 Å². The molecule has 0 saturated carbocycles. The van der Waals surface area contributed by atoms with E-state index in [1.807, 2.05) is 18.2 Å². The zero-order chi connectivity index (χ0) is 18.5. The number of piperazine rings is 1. The van der Waals surface area contributed by atoms with E-state index < -0.39 is 0 Å². The summed E-state index contributed by atoms with van der Waals surface area (Å²) in [5, 5.41) is 11.5. The van der Waals surface area contributed by atoms with Crippen molar-refractivity contribution in [2.24, 2.45) is 0 Å². The lowest BCUT2D eigenvalue weighted by molar-refractivity contribution is 0.644. The van der Waals surface area contributed by atoms with Crippen molar-refractivity contribution in [1.82, 2.24) is 15.2 Å². The molecule has 0 radical (unpaired) electrons. The minimum absolute atomic E-state index is 0.567. The van der Waals surface area contributed by atoms with Gasteiger partial charge in [-0.15, -0.1) is 5.10 Å². The van der Waals surface area contributed by atoms with Crippen molar-refractivity contribution < 1.29 is 0 Å². The molecule has 27 heavy (non-hydrogen) atoms. The zero-order valence-corrected chi connectivity index (χ0v) is 15.5. The summed E-state index contributed by atoms with van der Waals surface area (Å²) in [4.78, 5) is 9.34. The summed E-state index contributed by atoms with van der Waals surface area (Å²) in [6, 6.07) is 18.9. The van der Waals surface area contributed by atoms with Crippen molar-refractivity contribution in [3.05, 3.63) is 71.9 Å². The topological polar surface area (TPSA) is 57.2 Å². The maximum absolute atomic E-state index is 4.65. The number of hydrogen-bond donors (Lipinski definition) is 1. The van der Waals surface area contributed by atoms with E-state index in [2.05, 4.69) is 73.6 Å². The normalized spacial score (nSPS) is 14.3.